The molecule has 0 fully saturated rings. The molecule has 2 aromatic carbocycles. The predicted octanol–water partition coefficient (Wildman–Crippen LogP) is 5.12. The normalized spacial score (nSPS) is 11.6. The molecule has 35 heavy (non-hydrogen) atoms. The molecule has 0 amide bonds. The average molecular weight is 469 g/mol. The summed E-state index contributed by atoms with van der Waals surface area (Å²) in [6.45, 7) is 7.28. The van der Waals surface area contributed by atoms with Gasteiger partial charge in [0.05, 0.1) is 33.5 Å². The molecule has 3 aromatic heterocycles. The lowest BCUT2D eigenvalue weighted by Gasteiger charge is -2.19. The molecule has 0 bridgehead atoms. The van der Waals surface area contributed by atoms with E-state index in [0.29, 0.717) is 21.9 Å². The first-order valence-electron chi connectivity index (χ1n) is 11.1. The topological polar surface area (TPSA) is 114 Å². The smallest absolute Gasteiger partial charge is 0.344 e. The van der Waals surface area contributed by atoms with Crippen LogP contribution in [0, 0.1) is 27.7 Å². The Hall–Kier alpha value is -4.39. The predicted molar refractivity (Wildman–Crippen MR) is 132 cm³/mol. The Morgan fingerprint density at radius 3 is 1.66 bits per heavy atom. The number of hydrogen-bond donors (Lipinski definition) is 2. The van der Waals surface area contributed by atoms with E-state index < -0.39 is 17.2 Å². The zero-order valence-electron chi connectivity index (χ0n) is 19.7. The van der Waals surface area contributed by atoms with Gasteiger partial charge in [-0.2, -0.15) is 0 Å². The number of rotatable bonds is 3. The summed E-state index contributed by atoms with van der Waals surface area (Å²) in [7, 11) is 0. The van der Waals surface area contributed by atoms with Gasteiger partial charge in [-0.25, -0.2) is 9.59 Å². The van der Waals surface area contributed by atoms with Gasteiger partial charge in [0, 0.05) is 6.20 Å². The summed E-state index contributed by atoms with van der Waals surface area (Å²) in [5.74, 6) is -1.91. The largest absolute Gasteiger partial charge is 0.507 e. The molecule has 0 radical (unpaired) electrons. The Morgan fingerprint density at radius 1 is 0.743 bits per heavy atom. The lowest BCUT2D eigenvalue weighted by molar-refractivity contribution is 0.440. The van der Waals surface area contributed by atoms with Crippen molar-refractivity contribution in [1.82, 2.24) is 4.98 Å². The minimum Gasteiger partial charge on any atom is -0.507 e. The molecule has 0 unspecified atom stereocenters. The third kappa shape index (κ3) is 3.56. The molecular formula is C28H23NO6. The van der Waals surface area contributed by atoms with Crippen LogP contribution in [-0.4, -0.2) is 15.2 Å². The summed E-state index contributed by atoms with van der Waals surface area (Å²) in [6, 6.07) is 12.1. The fourth-order valence-corrected chi connectivity index (χ4v) is 4.81. The Morgan fingerprint density at radius 2 is 1.23 bits per heavy atom. The fourth-order valence-electron chi connectivity index (χ4n) is 4.81. The van der Waals surface area contributed by atoms with Gasteiger partial charge in [-0.05, 0) is 74.2 Å². The maximum absolute atomic E-state index is 13.3. The molecule has 0 aliphatic rings. The van der Waals surface area contributed by atoms with E-state index in [1.807, 2.05) is 26.0 Å². The van der Waals surface area contributed by atoms with E-state index in [4.69, 9.17) is 8.83 Å². The van der Waals surface area contributed by atoms with Crippen LogP contribution < -0.4 is 11.3 Å². The van der Waals surface area contributed by atoms with E-state index in [2.05, 4.69) is 4.98 Å². The molecule has 0 atom stereocenters. The third-order valence-corrected chi connectivity index (χ3v) is 6.25. The first kappa shape index (κ1) is 22.4. The van der Waals surface area contributed by atoms with Crippen LogP contribution in [-0.2, 0) is 0 Å². The van der Waals surface area contributed by atoms with Crippen molar-refractivity contribution in [1.29, 1.82) is 0 Å². The number of nitrogens with zero attached hydrogens (tertiary/aromatic N) is 1. The van der Waals surface area contributed by atoms with E-state index in [9.17, 15) is 19.8 Å². The lowest BCUT2D eigenvalue weighted by atomic mass is 9.87. The molecular weight excluding hydrogens is 446 g/mol. The second kappa shape index (κ2) is 8.13. The quantitative estimate of drug-likeness (QED) is 0.353. The third-order valence-electron chi connectivity index (χ3n) is 6.25. The highest BCUT2D eigenvalue weighted by Crippen LogP contribution is 2.42. The fraction of sp³-hybridized carbons (Fsp3) is 0.179. The molecule has 176 valence electrons. The van der Waals surface area contributed by atoms with Crippen LogP contribution in [0.1, 0.15) is 45.0 Å². The van der Waals surface area contributed by atoms with Crippen molar-refractivity contribution in [3.8, 4) is 11.5 Å². The number of aromatic nitrogens is 1. The molecule has 0 saturated heterocycles. The van der Waals surface area contributed by atoms with Gasteiger partial charge in [-0.3, -0.25) is 4.98 Å². The molecule has 5 rings (SSSR count). The lowest BCUT2D eigenvalue weighted by Crippen LogP contribution is -2.22. The van der Waals surface area contributed by atoms with E-state index in [0.717, 1.165) is 11.1 Å². The highest BCUT2D eigenvalue weighted by atomic mass is 16.4. The van der Waals surface area contributed by atoms with E-state index in [-0.39, 0.29) is 39.5 Å². The van der Waals surface area contributed by atoms with Crippen LogP contribution in [0.3, 0.4) is 0 Å². The monoisotopic (exact) mass is 469 g/mol. The van der Waals surface area contributed by atoms with Crippen LogP contribution in [0.4, 0.5) is 0 Å². The Labute approximate surface area is 199 Å². The number of hydrogen-bond acceptors (Lipinski definition) is 7. The summed E-state index contributed by atoms with van der Waals surface area (Å²) in [5, 5.41) is 23.4. The highest BCUT2D eigenvalue weighted by Gasteiger charge is 2.33. The van der Waals surface area contributed by atoms with Crippen LogP contribution in [0.5, 0.6) is 11.5 Å². The standard InChI is InChI=1S/C28H23NO6/c1-13-9-15(3)25-17(11-13)23(30)21(27(32)34-25)20(19-7-5-6-8-29-19)22-24(31)18-12-14(2)10-16(4)26(18)35-28(22)33/h5-12,20,30-31H,1-4H3. The summed E-state index contributed by atoms with van der Waals surface area (Å²) in [4.78, 5) is 31.0. The average Bonchev–Trinajstić information content (AvgIpc) is 2.80. The van der Waals surface area contributed by atoms with Gasteiger partial charge in [-0.1, -0.05) is 18.2 Å². The van der Waals surface area contributed by atoms with Crippen molar-refractivity contribution in [3.63, 3.8) is 0 Å². The van der Waals surface area contributed by atoms with Crippen molar-refractivity contribution < 1.29 is 19.0 Å². The Kier molecular flexibility index (Phi) is 5.20. The van der Waals surface area contributed by atoms with Gasteiger partial charge in [-0.15, -0.1) is 0 Å². The molecule has 5 aromatic rings. The maximum Gasteiger partial charge on any atom is 0.344 e. The van der Waals surface area contributed by atoms with Gasteiger partial charge < -0.3 is 19.0 Å². The van der Waals surface area contributed by atoms with Crippen molar-refractivity contribution >= 4 is 21.9 Å². The zero-order chi connectivity index (χ0) is 25.0. The summed E-state index contributed by atoms with van der Waals surface area (Å²) < 4.78 is 11.3. The van der Waals surface area contributed by atoms with Gasteiger partial charge in [0.25, 0.3) is 0 Å². The molecule has 0 spiro atoms. The summed E-state index contributed by atoms with van der Waals surface area (Å²) in [6.07, 6.45) is 1.50. The van der Waals surface area contributed by atoms with E-state index in [1.54, 1.807) is 44.2 Å². The van der Waals surface area contributed by atoms with Crippen molar-refractivity contribution in [3.05, 3.63) is 109 Å². The van der Waals surface area contributed by atoms with Crippen molar-refractivity contribution in [2.24, 2.45) is 0 Å². The molecule has 0 aliphatic heterocycles. The molecule has 3 heterocycles. The van der Waals surface area contributed by atoms with Gasteiger partial charge in [0.15, 0.2) is 0 Å². The molecule has 7 heteroatoms. The van der Waals surface area contributed by atoms with Crippen LogP contribution >= 0.6 is 0 Å². The zero-order valence-corrected chi connectivity index (χ0v) is 19.7. The Bertz CT molecular complexity index is 1640. The summed E-state index contributed by atoms with van der Waals surface area (Å²) in [5.41, 5.74) is 1.79. The minimum atomic E-state index is -1.24. The first-order valence-corrected chi connectivity index (χ1v) is 11.1. The van der Waals surface area contributed by atoms with Crippen molar-refractivity contribution in [2.45, 2.75) is 33.6 Å². The van der Waals surface area contributed by atoms with Gasteiger partial charge in [0.1, 0.15) is 22.7 Å². The van der Waals surface area contributed by atoms with Crippen LogP contribution in [0.25, 0.3) is 21.9 Å². The second-order valence-corrected chi connectivity index (χ2v) is 8.91. The minimum absolute atomic E-state index is 0.201. The molecule has 0 saturated carbocycles. The van der Waals surface area contributed by atoms with E-state index in [1.165, 1.54) is 6.20 Å². The van der Waals surface area contributed by atoms with Crippen LogP contribution in [0.2, 0.25) is 0 Å². The first-order chi connectivity index (χ1) is 16.7. The molecule has 7 nitrogen and oxygen atoms in total. The SMILES string of the molecule is Cc1cc(C)c2oc(=O)c(C(c3ccccn3)c3c(O)c4cc(C)cc(C)c4oc3=O)c(O)c2c1. The van der Waals surface area contributed by atoms with Crippen LogP contribution in [0.15, 0.2) is 67.1 Å². The highest BCUT2D eigenvalue weighted by molar-refractivity contribution is 5.89. The number of pyridine rings is 1. The maximum atomic E-state index is 13.3. The number of benzene rings is 2. The van der Waals surface area contributed by atoms with Gasteiger partial charge >= 0.3 is 11.3 Å². The summed E-state index contributed by atoms with van der Waals surface area (Å²) >= 11 is 0. The number of fused-ring (bicyclic) bond motifs is 2. The van der Waals surface area contributed by atoms with Crippen molar-refractivity contribution in [2.75, 3.05) is 0 Å². The van der Waals surface area contributed by atoms with E-state index >= 15 is 0 Å². The molecule has 2 N–H and O–H groups in total. The van der Waals surface area contributed by atoms with Gasteiger partial charge in [0.2, 0.25) is 0 Å². The Balaban J connectivity index is 1.93. The number of aromatic hydroxyl groups is 2. The number of aryl methyl sites for hydroxylation is 4. The second-order valence-electron chi connectivity index (χ2n) is 8.91. The molecule has 0 aliphatic carbocycles.